The normalized spacial score (nSPS) is 15.5. The molecule has 2 aromatic carbocycles. The molecule has 30 heavy (non-hydrogen) atoms. The molecule has 0 saturated carbocycles. The topological polar surface area (TPSA) is 154 Å². The summed E-state index contributed by atoms with van der Waals surface area (Å²) in [6, 6.07) is 10.8. The first-order chi connectivity index (χ1) is 14.3. The maximum absolute atomic E-state index is 11.8. The van der Waals surface area contributed by atoms with Crippen LogP contribution in [-0.4, -0.2) is 33.0 Å². The van der Waals surface area contributed by atoms with E-state index in [1.54, 1.807) is 12.1 Å². The second-order valence-corrected chi connectivity index (χ2v) is 7.90. The maximum atomic E-state index is 11.8. The largest absolute Gasteiger partial charge is 0.366 e. The van der Waals surface area contributed by atoms with Gasteiger partial charge in [0, 0.05) is 17.2 Å². The van der Waals surface area contributed by atoms with E-state index in [9.17, 15) is 9.59 Å². The van der Waals surface area contributed by atoms with Crippen molar-refractivity contribution >= 4 is 11.8 Å². The van der Waals surface area contributed by atoms with Crippen molar-refractivity contribution in [3.8, 4) is 0 Å². The third-order valence-electron chi connectivity index (χ3n) is 5.81. The highest BCUT2D eigenvalue weighted by Crippen LogP contribution is 2.46. The van der Waals surface area contributed by atoms with Crippen LogP contribution in [0.3, 0.4) is 0 Å². The van der Waals surface area contributed by atoms with Gasteiger partial charge in [0.2, 0.25) is 11.8 Å². The van der Waals surface area contributed by atoms with Gasteiger partial charge in [-0.15, -0.1) is 10.2 Å². The first-order valence-corrected chi connectivity index (χ1v) is 9.81. The second kappa shape index (κ2) is 7.38. The number of nitrogens with two attached hydrogens (primary N) is 3. The van der Waals surface area contributed by atoms with Crippen LogP contribution in [0.2, 0.25) is 0 Å². The summed E-state index contributed by atoms with van der Waals surface area (Å²) in [5, 5.41) is 8.40. The lowest BCUT2D eigenvalue weighted by atomic mass is 9.68. The van der Waals surface area contributed by atoms with Gasteiger partial charge < -0.3 is 22.2 Å². The quantitative estimate of drug-likeness (QED) is 0.503. The monoisotopic (exact) mass is 404 g/mol. The number of carbonyl (C=O) groups excluding carboxylic acids is 2. The molecule has 154 valence electrons. The summed E-state index contributed by atoms with van der Waals surface area (Å²) in [6.45, 7) is 1.94. The Morgan fingerprint density at radius 2 is 1.57 bits per heavy atom. The lowest BCUT2D eigenvalue weighted by Crippen LogP contribution is -2.38. The highest BCUT2D eigenvalue weighted by Gasteiger charge is 2.44. The number of aromatic nitrogens is 3. The third kappa shape index (κ3) is 3.15. The van der Waals surface area contributed by atoms with E-state index >= 15 is 0 Å². The summed E-state index contributed by atoms with van der Waals surface area (Å²) >= 11 is 0. The molecule has 1 heterocycles. The molecule has 1 atom stereocenters. The van der Waals surface area contributed by atoms with Crippen molar-refractivity contribution in [2.75, 3.05) is 0 Å². The molecule has 0 radical (unpaired) electrons. The molecular weight excluding hydrogens is 380 g/mol. The Labute approximate surface area is 173 Å². The number of benzene rings is 2. The van der Waals surface area contributed by atoms with Crippen molar-refractivity contribution in [1.82, 2.24) is 15.2 Å². The second-order valence-electron chi connectivity index (χ2n) is 7.90. The smallest absolute Gasteiger partial charge is 0.248 e. The molecule has 0 spiro atoms. The van der Waals surface area contributed by atoms with Gasteiger partial charge in [-0.1, -0.05) is 12.1 Å². The van der Waals surface area contributed by atoms with Crippen LogP contribution in [0.1, 0.15) is 62.1 Å². The van der Waals surface area contributed by atoms with Crippen LogP contribution in [0.4, 0.5) is 0 Å². The molecule has 4 rings (SSSR count). The summed E-state index contributed by atoms with van der Waals surface area (Å²) in [7, 11) is 0. The van der Waals surface area contributed by atoms with Crippen LogP contribution in [-0.2, 0) is 18.3 Å². The Morgan fingerprint density at radius 1 is 1.03 bits per heavy atom. The number of nitrogens with one attached hydrogen (secondary N) is 1. The number of amides is 2. The number of hydrogen-bond donors (Lipinski definition) is 4. The van der Waals surface area contributed by atoms with Crippen molar-refractivity contribution in [3.63, 3.8) is 0 Å². The molecule has 8 heteroatoms. The standard InChI is InChI=1S/C22H24N6O2/c1-12(23)10-22(21-26-11-27-28-21)17-6-4-15(19(24)29)8-13(17)2-3-14-9-16(20(25)30)5-7-18(14)22/h4-9,11-12H,2-3,10,23H2,1H3,(H2,24,29)(H2,25,30)(H,26,27,28)/t12-/m1/s1. The minimum absolute atomic E-state index is 0.166. The summed E-state index contributed by atoms with van der Waals surface area (Å²) < 4.78 is 0. The van der Waals surface area contributed by atoms with E-state index in [1.165, 1.54) is 6.33 Å². The molecule has 0 saturated heterocycles. The summed E-state index contributed by atoms with van der Waals surface area (Å²) in [4.78, 5) is 26.8. The lowest BCUT2D eigenvalue weighted by Gasteiger charge is -2.36. The number of fused-ring (bicyclic) bond motifs is 2. The van der Waals surface area contributed by atoms with E-state index in [2.05, 4.69) is 15.2 Å². The molecular formula is C22H24N6O2. The van der Waals surface area contributed by atoms with Crippen LogP contribution in [0.15, 0.2) is 42.7 Å². The van der Waals surface area contributed by atoms with E-state index in [0.717, 1.165) is 22.3 Å². The summed E-state index contributed by atoms with van der Waals surface area (Å²) in [5.74, 6) is -0.302. The van der Waals surface area contributed by atoms with Crippen LogP contribution in [0.25, 0.3) is 0 Å². The van der Waals surface area contributed by atoms with Crippen molar-refractivity contribution in [2.24, 2.45) is 17.2 Å². The Kier molecular flexibility index (Phi) is 4.87. The average Bonchev–Trinajstić information content (AvgIpc) is 3.21. The summed E-state index contributed by atoms with van der Waals surface area (Å²) in [6.07, 6.45) is 3.42. The van der Waals surface area contributed by atoms with Crippen LogP contribution in [0.5, 0.6) is 0 Å². The van der Waals surface area contributed by atoms with Gasteiger partial charge in [0.25, 0.3) is 0 Å². The fraction of sp³-hybridized carbons (Fsp3) is 0.273. The van der Waals surface area contributed by atoms with Gasteiger partial charge in [-0.05, 0) is 72.7 Å². The SMILES string of the molecule is C[C@@H](N)CC1(c2nnc[nH]2)c2ccc(C(N)=O)cc2CCc2cc(C(N)=O)ccc21. The number of aryl methyl sites for hydroxylation is 2. The number of carbonyl (C=O) groups is 2. The Bertz CT molecular complexity index is 1060. The predicted octanol–water partition coefficient (Wildman–Crippen LogP) is 1.17. The molecule has 1 aliphatic carbocycles. The molecule has 0 aliphatic heterocycles. The minimum Gasteiger partial charge on any atom is -0.366 e. The zero-order valence-electron chi connectivity index (χ0n) is 16.7. The molecule has 1 aliphatic rings. The lowest BCUT2D eigenvalue weighted by molar-refractivity contribution is 0.0991. The summed E-state index contributed by atoms with van der Waals surface area (Å²) in [5.41, 5.74) is 21.5. The minimum atomic E-state index is -0.724. The fourth-order valence-corrected chi connectivity index (χ4v) is 4.62. The van der Waals surface area contributed by atoms with Crippen molar-refractivity contribution < 1.29 is 9.59 Å². The van der Waals surface area contributed by atoms with Crippen molar-refractivity contribution in [3.05, 3.63) is 81.9 Å². The number of H-pyrrole nitrogens is 1. The van der Waals surface area contributed by atoms with E-state index in [1.807, 2.05) is 31.2 Å². The molecule has 8 nitrogen and oxygen atoms in total. The highest BCUT2D eigenvalue weighted by molar-refractivity contribution is 5.94. The molecule has 2 amide bonds. The van der Waals surface area contributed by atoms with E-state index in [-0.39, 0.29) is 6.04 Å². The Balaban J connectivity index is 2.07. The van der Waals surface area contributed by atoms with Crippen molar-refractivity contribution in [1.29, 1.82) is 0 Å². The number of hydrogen-bond acceptors (Lipinski definition) is 5. The molecule has 0 bridgehead atoms. The van der Waals surface area contributed by atoms with Gasteiger partial charge in [-0.25, -0.2) is 0 Å². The zero-order valence-corrected chi connectivity index (χ0v) is 16.7. The van der Waals surface area contributed by atoms with E-state index < -0.39 is 17.2 Å². The maximum Gasteiger partial charge on any atom is 0.248 e. The van der Waals surface area contributed by atoms with Gasteiger partial charge in [0.1, 0.15) is 12.2 Å². The van der Waals surface area contributed by atoms with E-state index in [0.29, 0.717) is 36.2 Å². The zero-order chi connectivity index (χ0) is 21.5. The Morgan fingerprint density at radius 3 is 1.97 bits per heavy atom. The average molecular weight is 404 g/mol. The van der Waals surface area contributed by atoms with Crippen LogP contribution in [0, 0.1) is 0 Å². The van der Waals surface area contributed by atoms with E-state index in [4.69, 9.17) is 17.2 Å². The highest BCUT2D eigenvalue weighted by atomic mass is 16.1. The molecule has 0 fully saturated rings. The third-order valence-corrected chi connectivity index (χ3v) is 5.81. The first-order valence-electron chi connectivity index (χ1n) is 9.81. The Hall–Kier alpha value is -3.52. The molecule has 1 aromatic heterocycles. The van der Waals surface area contributed by atoms with Gasteiger partial charge >= 0.3 is 0 Å². The molecule has 0 unspecified atom stereocenters. The van der Waals surface area contributed by atoms with Crippen molar-refractivity contribution in [2.45, 2.75) is 37.6 Å². The first kappa shape index (κ1) is 19.8. The van der Waals surface area contributed by atoms with Crippen LogP contribution < -0.4 is 17.2 Å². The number of rotatable bonds is 5. The number of primary amides is 2. The van der Waals surface area contributed by atoms with Crippen LogP contribution >= 0.6 is 0 Å². The number of aromatic amines is 1. The fourth-order valence-electron chi connectivity index (χ4n) is 4.62. The number of nitrogens with zero attached hydrogens (tertiary/aromatic N) is 2. The molecule has 7 N–H and O–H groups in total. The molecule has 3 aromatic rings. The van der Waals surface area contributed by atoms with Gasteiger partial charge in [-0.3, -0.25) is 9.59 Å². The predicted molar refractivity (Wildman–Crippen MR) is 112 cm³/mol. The van der Waals surface area contributed by atoms with Gasteiger partial charge in [-0.2, -0.15) is 0 Å². The van der Waals surface area contributed by atoms with Gasteiger partial charge in [0.05, 0.1) is 5.41 Å². The van der Waals surface area contributed by atoms with Gasteiger partial charge in [0.15, 0.2) is 0 Å².